The summed E-state index contributed by atoms with van der Waals surface area (Å²) in [6.07, 6.45) is 2.56. The number of hydrogen-bond donors (Lipinski definition) is 0. The molecule has 1 atom stereocenters. The fourth-order valence-electron chi connectivity index (χ4n) is 4.65. The van der Waals surface area contributed by atoms with Crippen molar-refractivity contribution in [1.82, 2.24) is 14.2 Å². The van der Waals surface area contributed by atoms with Gasteiger partial charge in [-0.2, -0.15) is 9.78 Å². The summed E-state index contributed by atoms with van der Waals surface area (Å²) in [7, 11) is 0. The summed E-state index contributed by atoms with van der Waals surface area (Å²) >= 11 is 5.00. The molecule has 208 valence electrons. The molecule has 41 heavy (non-hydrogen) atoms. The number of aryl methyl sites for hydroxylation is 1. The summed E-state index contributed by atoms with van der Waals surface area (Å²) in [5, 5.41) is 16.1. The van der Waals surface area contributed by atoms with Crippen LogP contribution in [0.2, 0.25) is 0 Å². The van der Waals surface area contributed by atoms with E-state index in [0.717, 1.165) is 43.3 Å². The summed E-state index contributed by atoms with van der Waals surface area (Å²) in [6.45, 7) is 8.19. The molecular weight excluding hydrogens is 602 g/mol. The summed E-state index contributed by atoms with van der Waals surface area (Å²) in [4.78, 5) is 30.7. The number of nitrogens with zero attached hydrogens (tertiary/aromatic N) is 5. The maximum atomic E-state index is 13.5. The molecule has 0 aliphatic carbocycles. The van der Waals surface area contributed by atoms with Crippen LogP contribution in [-0.4, -0.2) is 25.4 Å². The second kappa shape index (κ2) is 11.8. The molecule has 0 saturated heterocycles. The Kier molecular flexibility index (Phi) is 8.23. The first-order chi connectivity index (χ1) is 19.7. The summed E-state index contributed by atoms with van der Waals surface area (Å²) in [6, 6.07) is 22.3. The Hall–Kier alpha value is -4.02. The first kappa shape index (κ1) is 28.5. The van der Waals surface area contributed by atoms with E-state index in [1.807, 2.05) is 57.2 Å². The fourth-order valence-corrected chi connectivity index (χ4v) is 5.83. The Labute approximate surface area is 250 Å². The molecule has 5 rings (SSSR count). The van der Waals surface area contributed by atoms with Gasteiger partial charge < -0.3 is 4.57 Å². The minimum Gasteiger partial charge on any atom is -0.318 e. The van der Waals surface area contributed by atoms with E-state index in [0.29, 0.717) is 16.7 Å². The van der Waals surface area contributed by atoms with Crippen molar-refractivity contribution in [3.63, 3.8) is 0 Å². The Bertz CT molecular complexity index is 1840. The number of hydrogen-bond acceptors (Lipinski definition) is 6. The molecule has 2 heterocycles. The van der Waals surface area contributed by atoms with E-state index >= 15 is 0 Å². The van der Waals surface area contributed by atoms with Crippen LogP contribution in [0.3, 0.4) is 0 Å². The van der Waals surface area contributed by atoms with Crippen molar-refractivity contribution in [3.8, 4) is 5.69 Å². The van der Waals surface area contributed by atoms with Gasteiger partial charge in [-0.05, 0) is 80.9 Å². The van der Waals surface area contributed by atoms with Crippen molar-refractivity contribution in [2.45, 2.75) is 49.8 Å². The Morgan fingerprint density at radius 3 is 2.34 bits per heavy atom. The number of aromatic nitrogens is 3. The minimum atomic E-state index is -0.398. The third-order valence-electron chi connectivity index (χ3n) is 7.05. The molecule has 0 fully saturated rings. The molecule has 0 aliphatic heterocycles. The molecule has 0 amide bonds. The normalized spacial score (nSPS) is 12.3. The second-order valence-electron chi connectivity index (χ2n) is 9.81. The molecule has 0 bridgehead atoms. The molecule has 0 aliphatic rings. The molecule has 0 N–H and O–H groups in total. The lowest BCUT2D eigenvalue weighted by atomic mass is 10.1. The molecule has 0 spiro atoms. The average molecular weight is 631 g/mol. The standard InChI is InChI=1S/C31H28BrN5O3S/c1-5-19(2)30-34-29-15-6-23(32)17-28(29)31(38)36(30)33-18-22-16-20(3)35(21(22)4)24-7-11-26(12-8-24)41-27-13-9-25(10-14-27)37(39)40/h6-19H,5H2,1-4H3/t19-/m1/s1. The zero-order valence-electron chi connectivity index (χ0n) is 23.0. The van der Waals surface area contributed by atoms with E-state index in [1.165, 1.54) is 16.8 Å². The highest BCUT2D eigenvalue weighted by Crippen LogP contribution is 2.30. The number of nitro benzene ring substituents is 1. The summed E-state index contributed by atoms with van der Waals surface area (Å²) < 4.78 is 4.39. The topological polar surface area (TPSA) is 95.3 Å². The molecule has 0 radical (unpaired) electrons. The van der Waals surface area contributed by atoms with Crippen LogP contribution in [-0.2, 0) is 0 Å². The number of halogens is 1. The van der Waals surface area contributed by atoms with Crippen LogP contribution in [0.5, 0.6) is 0 Å². The van der Waals surface area contributed by atoms with E-state index in [9.17, 15) is 14.9 Å². The van der Waals surface area contributed by atoms with Gasteiger partial charge in [0.15, 0.2) is 0 Å². The summed E-state index contributed by atoms with van der Waals surface area (Å²) in [5.74, 6) is 0.696. The van der Waals surface area contributed by atoms with Gasteiger partial charge in [-0.15, -0.1) is 0 Å². The third-order valence-corrected chi connectivity index (χ3v) is 8.56. The van der Waals surface area contributed by atoms with Crippen LogP contribution in [0.1, 0.15) is 49.0 Å². The van der Waals surface area contributed by atoms with Crippen LogP contribution in [0.25, 0.3) is 16.6 Å². The highest BCUT2D eigenvalue weighted by molar-refractivity contribution is 9.10. The molecule has 0 unspecified atom stereocenters. The lowest BCUT2D eigenvalue weighted by Crippen LogP contribution is -2.23. The van der Waals surface area contributed by atoms with Gasteiger partial charge >= 0.3 is 0 Å². The molecule has 5 aromatic rings. The summed E-state index contributed by atoms with van der Waals surface area (Å²) in [5.41, 5.74) is 4.48. The average Bonchev–Trinajstić information content (AvgIpc) is 3.25. The number of rotatable bonds is 8. The highest BCUT2D eigenvalue weighted by Gasteiger charge is 2.16. The van der Waals surface area contributed by atoms with Gasteiger partial charge in [-0.1, -0.05) is 41.5 Å². The lowest BCUT2D eigenvalue weighted by molar-refractivity contribution is -0.384. The van der Waals surface area contributed by atoms with Gasteiger partial charge in [0, 0.05) is 55.0 Å². The lowest BCUT2D eigenvalue weighted by Gasteiger charge is -2.14. The van der Waals surface area contributed by atoms with Crippen molar-refractivity contribution in [2.24, 2.45) is 5.10 Å². The number of benzene rings is 3. The second-order valence-corrected chi connectivity index (χ2v) is 11.9. The molecular formula is C31H28BrN5O3S. The van der Waals surface area contributed by atoms with E-state index in [1.54, 1.807) is 36.2 Å². The van der Waals surface area contributed by atoms with Gasteiger partial charge in [0.1, 0.15) is 5.82 Å². The van der Waals surface area contributed by atoms with Gasteiger partial charge in [-0.3, -0.25) is 14.9 Å². The Morgan fingerprint density at radius 2 is 1.71 bits per heavy atom. The molecule has 8 nitrogen and oxygen atoms in total. The first-order valence-electron chi connectivity index (χ1n) is 13.1. The number of nitro groups is 1. The number of non-ortho nitro benzene ring substituents is 1. The van der Waals surface area contributed by atoms with Crippen molar-refractivity contribution < 1.29 is 4.92 Å². The molecule has 2 aromatic heterocycles. The zero-order chi connectivity index (χ0) is 29.3. The van der Waals surface area contributed by atoms with Crippen molar-refractivity contribution >= 4 is 50.5 Å². The largest absolute Gasteiger partial charge is 0.318 e. The zero-order valence-corrected chi connectivity index (χ0v) is 25.4. The van der Waals surface area contributed by atoms with Crippen LogP contribution < -0.4 is 5.56 Å². The van der Waals surface area contributed by atoms with E-state index in [4.69, 9.17) is 4.98 Å². The molecule has 10 heteroatoms. The first-order valence-corrected chi connectivity index (χ1v) is 14.8. The maximum absolute atomic E-state index is 13.5. The van der Waals surface area contributed by atoms with Crippen LogP contribution >= 0.6 is 27.7 Å². The quantitative estimate of drug-likeness (QED) is 0.0983. The monoisotopic (exact) mass is 629 g/mol. The van der Waals surface area contributed by atoms with Gasteiger partial charge in [0.05, 0.1) is 22.0 Å². The van der Waals surface area contributed by atoms with Gasteiger partial charge in [0.2, 0.25) is 0 Å². The van der Waals surface area contributed by atoms with Crippen molar-refractivity contribution in [1.29, 1.82) is 0 Å². The number of fused-ring (bicyclic) bond motifs is 1. The maximum Gasteiger partial charge on any atom is 0.282 e. The third kappa shape index (κ3) is 5.89. The predicted octanol–water partition coefficient (Wildman–Crippen LogP) is 8.02. The van der Waals surface area contributed by atoms with E-state index < -0.39 is 4.92 Å². The Morgan fingerprint density at radius 1 is 1.05 bits per heavy atom. The predicted molar refractivity (Wildman–Crippen MR) is 168 cm³/mol. The Balaban J connectivity index is 1.44. The highest BCUT2D eigenvalue weighted by atomic mass is 79.9. The minimum absolute atomic E-state index is 0.0581. The molecule has 3 aromatic carbocycles. The van der Waals surface area contributed by atoms with Crippen molar-refractivity contribution in [2.75, 3.05) is 0 Å². The SMILES string of the molecule is CC[C@@H](C)c1nc2ccc(Br)cc2c(=O)n1N=Cc1cc(C)n(-c2ccc(Sc3ccc([N+](=O)[O-])cc3)cc2)c1C. The van der Waals surface area contributed by atoms with Crippen LogP contribution in [0.15, 0.2) is 97.0 Å². The van der Waals surface area contributed by atoms with Crippen LogP contribution in [0.4, 0.5) is 5.69 Å². The van der Waals surface area contributed by atoms with Gasteiger partial charge in [-0.25, -0.2) is 4.98 Å². The smallest absolute Gasteiger partial charge is 0.282 e. The fraction of sp³-hybridized carbons (Fsp3) is 0.194. The molecule has 0 saturated carbocycles. The van der Waals surface area contributed by atoms with Gasteiger partial charge in [0.25, 0.3) is 11.2 Å². The van der Waals surface area contributed by atoms with Crippen LogP contribution in [0, 0.1) is 24.0 Å². The van der Waals surface area contributed by atoms with E-state index in [-0.39, 0.29) is 17.2 Å². The van der Waals surface area contributed by atoms with E-state index in [2.05, 4.69) is 38.6 Å². The van der Waals surface area contributed by atoms with Crippen molar-refractivity contribution in [3.05, 3.63) is 121 Å².